The van der Waals surface area contributed by atoms with Crippen molar-refractivity contribution in [3.05, 3.63) is 34.9 Å². The topological polar surface area (TPSA) is 35.6 Å². The van der Waals surface area contributed by atoms with E-state index >= 15 is 0 Å². The van der Waals surface area contributed by atoms with Crippen molar-refractivity contribution in [1.29, 1.82) is 0 Å². The first kappa shape index (κ1) is 16.5. The second-order valence-corrected chi connectivity index (χ2v) is 7.10. The summed E-state index contributed by atoms with van der Waals surface area (Å²) in [6.07, 6.45) is 5.00. The average Bonchev–Trinajstić information content (AvgIpc) is 2.56. The van der Waals surface area contributed by atoms with E-state index in [9.17, 15) is 4.79 Å². The first-order valence-electron chi connectivity index (χ1n) is 8.94. The number of fused-ring (bicyclic) bond motifs is 1. The Morgan fingerprint density at radius 3 is 2.57 bits per heavy atom. The monoisotopic (exact) mass is 315 g/mol. The summed E-state index contributed by atoms with van der Waals surface area (Å²) in [4.78, 5) is 16.9. The number of nitrogens with zero attached hydrogens (tertiary/aromatic N) is 2. The minimum absolute atomic E-state index is 0.0854. The van der Waals surface area contributed by atoms with E-state index in [2.05, 4.69) is 47.3 Å². The summed E-state index contributed by atoms with van der Waals surface area (Å²) in [5.74, 6) is 0.139. The van der Waals surface area contributed by atoms with Gasteiger partial charge in [-0.1, -0.05) is 18.2 Å². The van der Waals surface area contributed by atoms with Crippen LogP contribution in [-0.4, -0.2) is 55.5 Å². The Kier molecular flexibility index (Phi) is 5.34. The van der Waals surface area contributed by atoms with E-state index in [1.165, 1.54) is 42.4 Å². The highest BCUT2D eigenvalue weighted by Gasteiger charge is 2.18. The maximum Gasteiger partial charge on any atom is 0.234 e. The molecule has 2 aliphatic rings. The van der Waals surface area contributed by atoms with E-state index in [1.807, 2.05) is 0 Å². The zero-order valence-corrected chi connectivity index (χ0v) is 14.5. The SMILES string of the molecule is C[C@@H](NC(=O)CN1CCN(C)CC1)c1ccc2c(c1)CCCC2. The Bertz CT molecular complexity index is 550. The fraction of sp³-hybridized carbons (Fsp3) is 0.632. The lowest BCUT2D eigenvalue weighted by Gasteiger charge is -2.32. The van der Waals surface area contributed by atoms with Crippen LogP contribution in [-0.2, 0) is 17.6 Å². The van der Waals surface area contributed by atoms with Gasteiger partial charge in [-0.3, -0.25) is 9.69 Å². The van der Waals surface area contributed by atoms with Crippen LogP contribution in [0.4, 0.5) is 0 Å². The third kappa shape index (κ3) is 4.33. The number of benzene rings is 1. The molecule has 1 aliphatic carbocycles. The molecule has 1 fully saturated rings. The summed E-state index contributed by atoms with van der Waals surface area (Å²) >= 11 is 0. The normalized spacial score (nSPS) is 20.8. The van der Waals surface area contributed by atoms with Crippen molar-refractivity contribution in [3.63, 3.8) is 0 Å². The number of likely N-dealkylation sites (N-methyl/N-ethyl adjacent to an activating group) is 1. The number of aryl methyl sites for hydroxylation is 2. The number of amides is 1. The molecule has 0 aromatic heterocycles. The summed E-state index contributed by atoms with van der Waals surface area (Å²) in [7, 11) is 2.13. The molecule has 1 aliphatic heterocycles. The molecule has 4 nitrogen and oxygen atoms in total. The van der Waals surface area contributed by atoms with E-state index in [0.29, 0.717) is 6.54 Å². The van der Waals surface area contributed by atoms with Gasteiger partial charge in [0.25, 0.3) is 0 Å². The second-order valence-electron chi connectivity index (χ2n) is 7.10. The minimum atomic E-state index is 0.0854. The number of hydrogen-bond acceptors (Lipinski definition) is 3. The van der Waals surface area contributed by atoms with E-state index in [0.717, 1.165) is 26.2 Å². The maximum atomic E-state index is 12.3. The summed E-state index contributed by atoms with van der Waals surface area (Å²) < 4.78 is 0. The lowest BCUT2D eigenvalue weighted by molar-refractivity contribution is -0.123. The summed E-state index contributed by atoms with van der Waals surface area (Å²) in [5.41, 5.74) is 4.21. The molecule has 0 bridgehead atoms. The summed E-state index contributed by atoms with van der Waals surface area (Å²) in [6.45, 7) is 6.67. The first-order valence-corrected chi connectivity index (χ1v) is 8.94. The third-order valence-electron chi connectivity index (χ3n) is 5.21. The number of piperazine rings is 1. The molecule has 1 saturated heterocycles. The summed E-state index contributed by atoms with van der Waals surface area (Å²) in [5, 5.41) is 3.17. The van der Waals surface area contributed by atoms with Crippen molar-refractivity contribution in [2.24, 2.45) is 0 Å². The number of nitrogens with one attached hydrogen (secondary N) is 1. The molecule has 0 radical (unpaired) electrons. The average molecular weight is 315 g/mol. The van der Waals surface area contributed by atoms with Crippen LogP contribution in [0.5, 0.6) is 0 Å². The molecule has 0 unspecified atom stereocenters. The van der Waals surface area contributed by atoms with Gasteiger partial charge in [0.1, 0.15) is 0 Å². The van der Waals surface area contributed by atoms with Crippen LogP contribution in [0.15, 0.2) is 18.2 Å². The van der Waals surface area contributed by atoms with Crippen LogP contribution in [0.2, 0.25) is 0 Å². The van der Waals surface area contributed by atoms with Crippen LogP contribution in [0.1, 0.15) is 42.5 Å². The van der Waals surface area contributed by atoms with Gasteiger partial charge in [-0.25, -0.2) is 0 Å². The zero-order chi connectivity index (χ0) is 16.2. The van der Waals surface area contributed by atoms with Gasteiger partial charge in [0.2, 0.25) is 5.91 Å². The molecule has 0 spiro atoms. The fourth-order valence-corrected chi connectivity index (χ4v) is 3.60. The van der Waals surface area contributed by atoms with E-state index in [4.69, 9.17) is 0 Å². The number of rotatable bonds is 4. The third-order valence-corrected chi connectivity index (χ3v) is 5.21. The van der Waals surface area contributed by atoms with Gasteiger partial charge in [-0.05, 0) is 56.3 Å². The molecule has 4 heteroatoms. The molecule has 0 saturated carbocycles. The Labute approximate surface area is 139 Å². The Hall–Kier alpha value is -1.39. The van der Waals surface area contributed by atoms with Crippen molar-refractivity contribution >= 4 is 5.91 Å². The predicted molar refractivity (Wildman–Crippen MR) is 93.6 cm³/mol. The highest BCUT2D eigenvalue weighted by Crippen LogP contribution is 2.24. The van der Waals surface area contributed by atoms with Crippen molar-refractivity contribution in [1.82, 2.24) is 15.1 Å². The van der Waals surface area contributed by atoms with Crippen LogP contribution < -0.4 is 5.32 Å². The molecule has 1 atom stereocenters. The molecular weight excluding hydrogens is 286 g/mol. The molecule has 23 heavy (non-hydrogen) atoms. The number of hydrogen-bond donors (Lipinski definition) is 1. The molecule has 1 aromatic rings. The van der Waals surface area contributed by atoms with Crippen LogP contribution >= 0.6 is 0 Å². The van der Waals surface area contributed by atoms with Crippen LogP contribution in [0.25, 0.3) is 0 Å². The van der Waals surface area contributed by atoms with Crippen molar-refractivity contribution in [3.8, 4) is 0 Å². The summed E-state index contributed by atoms with van der Waals surface area (Å²) in [6, 6.07) is 6.83. The van der Waals surface area contributed by atoms with Gasteiger partial charge in [0, 0.05) is 26.2 Å². The van der Waals surface area contributed by atoms with Gasteiger partial charge in [-0.15, -0.1) is 0 Å². The van der Waals surface area contributed by atoms with Crippen molar-refractivity contribution < 1.29 is 4.79 Å². The molecule has 1 N–H and O–H groups in total. The second kappa shape index (κ2) is 7.45. The quantitative estimate of drug-likeness (QED) is 0.923. The highest BCUT2D eigenvalue weighted by atomic mass is 16.2. The number of carbonyl (C=O) groups is 1. The van der Waals surface area contributed by atoms with Crippen molar-refractivity contribution in [2.75, 3.05) is 39.8 Å². The van der Waals surface area contributed by atoms with Gasteiger partial charge >= 0.3 is 0 Å². The van der Waals surface area contributed by atoms with Gasteiger partial charge in [-0.2, -0.15) is 0 Å². The lowest BCUT2D eigenvalue weighted by Crippen LogP contribution is -2.48. The molecule has 1 heterocycles. The maximum absolute atomic E-state index is 12.3. The van der Waals surface area contributed by atoms with Crippen LogP contribution in [0, 0.1) is 0 Å². The number of carbonyl (C=O) groups excluding carboxylic acids is 1. The van der Waals surface area contributed by atoms with Crippen LogP contribution in [0.3, 0.4) is 0 Å². The molecule has 3 rings (SSSR count). The highest BCUT2D eigenvalue weighted by molar-refractivity contribution is 5.78. The standard InChI is InChI=1S/C19H29N3O/c1-15(17-8-7-16-5-3-4-6-18(16)13-17)20-19(23)14-22-11-9-21(2)10-12-22/h7-8,13,15H,3-6,9-12,14H2,1-2H3,(H,20,23)/t15-/m1/s1. The Balaban J connectivity index is 1.54. The molecular formula is C19H29N3O. The van der Waals surface area contributed by atoms with Gasteiger partial charge in [0.05, 0.1) is 12.6 Å². The minimum Gasteiger partial charge on any atom is -0.348 e. The van der Waals surface area contributed by atoms with E-state index in [-0.39, 0.29) is 11.9 Å². The van der Waals surface area contributed by atoms with E-state index < -0.39 is 0 Å². The largest absolute Gasteiger partial charge is 0.348 e. The first-order chi connectivity index (χ1) is 11.1. The Morgan fingerprint density at radius 2 is 1.83 bits per heavy atom. The van der Waals surface area contributed by atoms with Crippen molar-refractivity contribution in [2.45, 2.75) is 38.6 Å². The van der Waals surface area contributed by atoms with E-state index in [1.54, 1.807) is 0 Å². The smallest absolute Gasteiger partial charge is 0.234 e. The lowest BCUT2D eigenvalue weighted by atomic mass is 9.89. The zero-order valence-electron chi connectivity index (χ0n) is 14.5. The molecule has 1 amide bonds. The predicted octanol–water partition coefficient (Wildman–Crippen LogP) is 1.99. The van der Waals surface area contributed by atoms with Gasteiger partial charge < -0.3 is 10.2 Å². The fourth-order valence-electron chi connectivity index (χ4n) is 3.60. The molecule has 1 aromatic carbocycles. The molecule has 126 valence electrons. The van der Waals surface area contributed by atoms with Gasteiger partial charge in [0.15, 0.2) is 0 Å². The Morgan fingerprint density at radius 1 is 1.13 bits per heavy atom.